The van der Waals surface area contributed by atoms with Crippen molar-refractivity contribution in [3.8, 4) is 11.5 Å². The molecule has 9 rings (SSSR count). The Morgan fingerprint density at radius 1 is 1.00 bits per heavy atom. The smallest absolute Gasteiger partial charge is 0.312 e. The Hall–Kier alpha value is -5.65. The van der Waals surface area contributed by atoms with Crippen molar-refractivity contribution in [3.05, 3.63) is 100 Å². The number of amides is 1. The van der Waals surface area contributed by atoms with Gasteiger partial charge in [-0.3, -0.25) is 19.8 Å². The third-order valence-electron chi connectivity index (χ3n) is 14.2. The van der Waals surface area contributed by atoms with Crippen LogP contribution in [0.5, 0.6) is 11.5 Å². The second-order valence-corrected chi connectivity index (χ2v) is 20.7. The summed E-state index contributed by atoms with van der Waals surface area (Å²) in [7, 11) is -4.65. The number of sulfonamides is 1. The number of benzene rings is 1. The minimum absolute atomic E-state index is 0.0769. The van der Waals surface area contributed by atoms with E-state index in [4.69, 9.17) is 4.74 Å². The molecule has 1 atom stereocenters. The number of pyridine rings is 3. The number of rotatable bonds is 13. The molecule has 2 aliphatic heterocycles. The molecular formula is C47H57N9O7S. The van der Waals surface area contributed by atoms with Crippen molar-refractivity contribution in [2.24, 2.45) is 11.3 Å². The number of nitrogens with zero attached hydrogens (tertiary/aromatic N) is 6. The molecule has 16 nitrogen and oxygen atoms in total. The summed E-state index contributed by atoms with van der Waals surface area (Å²) in [5.41, 5.74) is 2.44. The summed E-state index contributed by atoms with van der Waals surface area (Å²) in [6.45, 7) is 9.41. The van der Waals surface area contributed by atoms with Crippen molar-refractivity contribution >= 4 is 44.3 Å². The van der Waals surface area contributed by atoms with Gasteiger partial charge >= 0.3 is 5.69 Å². The third-order valence-corrected chi connectivity index (χ3v) is 15.5. The number of nitrogens with one attached hydrogen (secondary N) is 3. The number of aromatic nitrogens is 4. The highest BCUT2D eigenvalue weighted by Gasteiger charge is 2.50. The molecule has 0 bridgehead atoms. The zero-order valence-corrected chi connectivity index (χ0v) is 37.4. The van der Waals surface area contributed by atoms with Crippen LogP contribution in [0.3, 0.4) is 0 Å². The number of carbonyl (C=O) groups is 1. The maximum atomic E-state index is 13.9. The standard InChI is InChI=1S/C47H57N9O7S/c1-30(2)36-7-4-5-8-37(36)39-9-6-18-55(39)33-24-47(25-33)15-19-54(20-16-47)42-23-41(63-34-21-32-12-17-48-43(32)51-27-34)38(29-49-42)45(57)53-64(61,62)35-22-40(56(59)60)44(52-28-35)50-26-31-10-13-46(3,58)14-11-31/h4-5,7-8,12,17,21-23,27-31,33,39,58H,6,9-11,13-16,18-20,24-26H2,1-3H3,(H,48,51)(H,50,52)(H,53,57)/t31-,39-,46-/m1/s1. The largest absolute Gasteiger partial charge is 0.455 e. The minimum Gasteiger partial charge on any atom is -0.455 e. The van der Waals surface area contributed by atoms with E-state index in [9.17, 15) is 28.4 Å². The third kappa shape index (κ3) is 9.02. The summed E-state index contributed by atoms with van der Waals surface area (Å²) in [5, 5.41) is 26.2. The quantitative estimate of drug-likeness (QED) is 0.0650. The van der Waals surface area contributed by atoms with Crippen LogP contribution < -0.4 is 19.7 Å². The van der Waals surface area contributed by atoms with E-state index >= 15 is 0 Å². The molecule has 1 aromatic carbocycles. The monoisotopic (exact) mass is 891 g/mol. The van der Waals surface area contributed by atoms with Crippen LogP contribution in [0.15, 0.2) is 78.2 Å². The first-order chi connectivity index (χ1) is 30.7. The number of carbonyl (C=O) groups excluding carboxylic acids is 1. The summed E-state index contributed by atoms with van der Waals surface area (Å²) in [4.78, 5) is 45.9. The van der Waals surface area contributed by atoms with E-state index in [2.05, 4.69) is 77.9 Å². The highest BCUT2D eigenvalue weighted by atomic mass is 32.2. The van der Waals surface area contributed by atoms with Gasteiger partial charge in [-0.25, -0.2) is 28.1 Å². The number of aromatic amines is 1. The Bertz CT molecular complexity index is 2640. The van der Waals surface area contributed by atoms with Gasteiger partial charge in [0.1, 0.15) is 33.4 Å². The number of H-pyrrole nitrogens is 1. The van der Waals surface area contributed by atoms with Crippen molar-refractivity contribution in [1.82, 2.24) is 29.6 Å². The first-order valence-electron chi connectivity index (χ1n) is 22.5. The molecule has 338 valence electrons. The zero-order valence-electron chi connectivity index (χ0n) is 36.6. The topological polar surface area (TPSA) is 209 Å². The molecule has 64 heavy (non-hydrogen) atoms. The number of hydrogen-bond donors (Lipinski definition) is 4. The number of likely N-dealkylation sites (tertiary alicyclic amines) is 1. The van der Waals surface area contributed by atoms with Crippen molar-refractivity contribution < 1.29 is 28.0 Å². The van der Waals surface area contributed by atoms with Crippen molar-refractivity contribution in [1.29, 1.82) is 0 Å². The van der Waals surface area contributed by atoms with Crippen molar-refractivity contribution in [2.75, 3.05) is 36.4 Å². The maximum absolute atomic E-state index is 13.9. The van der Waals surface area contributed by atoms with E-state index in [-0.39, 0.29) is 28.5 Å². The average molecular weight is 892 g/mol. The normalized spacial score (nSPS) is 22.7. The predicted molar refractivity (Wildman–Crippen MR) is 243 cm³/mol. The van der Waals surface area contributed by atoms with Crippen LogP contribution in [-0.4, -0.2) is 87.0 Å². The van der Waals surface area contributed by atoms with Crippen molar-refractivity contribution in [3.63, 3.8) is 0 Å². The average Bonchev–Trinajstić information content (AvgIpc) is 3.95. The number of piperidine rings is 1. The SMILES string of the molecule is CC(C)c1ccccc1[C@H]1CCCN1C1CC2(CCN(c3cc(Oc4cnc5[nH]ccc5c4)c(C(=O)NS(=O)(=O)c4cnc(NC[C@H]5CC[C@](C)(O)CC5)c([N+](=O)[O-])c4)cn3)CC2)C1. The number of nitro groups is 1. The molecule has 4 N–H and O–H groups in total. The summed E-state index contributed by atoms with van der Waals surface area (Å²) in [5.74, 6) is 0.541. The number of anilines is 2. The molecule has 0 radical (unpaired) electrons. The van der Waals surface area contributed by atoms with E-state index in [1.165, 1.54) is 49.2 Å². The van der Waals surface area contributed by atoms with Crippen LogP contribution >= 0.6 is 0 Å². The number of ether oxygens (including phenoxy) is 1. The van der Waals surface area contributed by atoms with Crippen LogP contribution in [0, 0.1) is 21.4 Å². The number of aliphatic hydroxyl groups is 1. The minimum atomic E-state index is -4.65. The zero-order chi connectivity index (χ0) is 44.8. The lowest BCUT2D eigenvalue weighted by molar-refractivity contribution is -0.384. The van der Waals surface area contributed by atoms with Gasteiger partial charge in [-0.05, 0) is 118 Å². The van der Waals surface area contributed by atoms with E-state index in [1.54, 1.807) is 25.3 Å². The number of hydrogen-bond acceptors (Lipinski definition) is 13. The van der Waals surface area contributed by atoms with Crippen LogP contribution in [0.2, 0.25) is 0 Å². The molecule has 0 unspecified atom stereocenters. The van der Waals surface area contributed by atoms with Crippen molar-refractivity contribution in [2.45, 2.75) is 113 Å². The molecule has 2 aliphatic carbocycles. The van der Waals surface area contributed by atoms with Gasteiger partial charge in [0, 0.05) is 61.6 Å². The van der Waals surface area contributed by atoms with Crippen LogP contribution in [0.4, 0.5) is 17.3 Å². The molecular weight excluding hydrogens is 835 g/mol. The van der Waals surface area contributed by atoms with Gasteiger partial charge in [0.2, 0.25) is 5.82 Å². The fourth-order valence-electron chi connectivity index (χ4n) is 10.5. The summed E-state index contributed by atoms with van der Waals surface area (Å²) >= 11 is 0. The lowest BCUT2D eigenvalue weighted by Crippen LogP contribution is -2.55. The Balaban J connectivity index is 0.895. The first kappa shape index (κ1) is 43.6. The van der Waals surface area contributed by atoms with Gasteiger partial charge in [-0.1, -0.05) is 38.1 Å². The molecule has 5 aromatic rings. The van der Waals surface area contributed by atoms with Gasteiger partial charge in [0.05, 0.1) is 22.9 Å². The molecule has 4 fully saturated rings. The van der Waals surface area contributed by atoms with E-state index < -0.39 is 37.0 Å². The summed E-state index contributed by atoms with van der Waals surface area (Å²) in [6, 6.07) is 16.1. The molecule has 17 heteroatoms. The lowest BCUT2D eigenvalue weighted by atomic mass is 9.60. The van der Waals surface area contributed by atoms with E-state index in [0.29, 0.717) is 54.6 Å². The maximum Gasteiger partial charge on any atom is 0.312 e. The summed E-state index contributed by atoms with van der Waals surface area (Å²) in [6.07, 6.45) is 15.0. The molecule has 2 saturated heterocycles. The molecule has 4 aromatic heterocycles. The molecule has 1 spiro atoms. The fourth-order valence-corrected chi connectivity index (χ4v) is 11.4. The predicted octanol–water partition coefficient (Wildman–Crippen LogP) is 8.23. The Morgan fingerprint density at radius 3 is 2.52 bits per heavy atom. The molecule has 1 amide bonds. The molecule has 6 heterocycles. The Labute approximate surface area is 373 Å². The van der Waals surface area contributed by atoms with E-state index in [1.807, 2.05) is 6.07 Å². The Morgan fingerprint density at radius 2 is 1.77 bits per heavy atom. The molecule has 2 saturated carbocycles. The highest BCUT2D eigenvalue weighted by Crippen LogP contribution is 2.54. The Kier molecular flexibility index (Phi) is 11.8. The van der Waals surface area contributed by atoms with Crippen LogP contribution in [0.1, 0.15) is 118 Å². The fraction of sp³-hybridized carbons (Fsp3) is 0.489. The van der Waals surface area contributed by atoms with Gasteiger partial charge in [-0.15, -0.1) is 0 Å². The summed E-state index contributed by atoms with van der Waals surface area (Å²) < 4.78 is 35.7. The van der Waals surface area contributed by atoms with Gasteiger partial charge in [0.15, 0.2) is 0 Å². The van der Waals surface area contributed by atoms with Gasteiger partial charge in [-0.2, -0.15) is 0 Å². The van der Waals surface area contributed by atoms with Crippen LogP contribution in [-0.2, 0) is 10.0 Å². The second-order valence-electron chi connectivity index (χ2n) is 19.0. The van der Waals surface area contributed by atoms with E-state index in [0.717, 1.165) is 63.0 Å². The first-order valence-corrected chi connectivity index (χ1v) is 24.0. The van der Waals surface area contributed by atoms with Gasteiger partial charge in [0.25, 0.3) is 15.9 Å². The lowest BCUT2D eigenvalue weighted by Gasteiger charge is -2.56. The van der Waals surface area contributed by atoms with Gasteiger partial charge < -0.3 is 25.0 Å². The number of fused-ring (bicyclic) bond motifs is 1. The van der Waals surface area contributed by atoms with Crippen LogP contribution in [0.25, 0.3) is 11.0 Å². The molecule has 4 aliphatic rings. The highest BCUT2D eigenvalue weighted by molar-refractivity contribution is 7.90. The second kappa shape index (κ2) is 17.4.